The van der Waals surface area contributed by atoms with Crippen molar-refractivity contribution in [2.24, 2.45) is 0 Å². The first-order valence-electron chi connectivity index (χ1n) is 7.47. The van der Waals surface area contributed by atoms with Crippen molar-refractivity contribution < 1.29 is 4.39 Å². The minimum absolute atomic E-state index is 0.00247. The number of halogens is 1. The van der Waals surface area contributed by atoms with E-state index < -0.39 is 11.4 Å². The third kappa shape index (κ3) is 3.12. The molecule has 7 heteroatoms. The number of nitrogens with one attached hydrogen (secondary N) is 1. The number of nitrogen functional groups attached to an aromatic ring is 1. The fourth-order valence-electron chi connectivity index (χ4n) is 2.55. The van der Waals surface area contributed by atoms with E-state index in [1.165, 1.54) is 47.2 Å². The van der Waals surface area contributed by atoms with Gasteiger partial charge in [0.05, 0.1) is 11.3 Å². The number of nitrogens with zero attached hydrogens (tertiary/aromatic N) is 2. The van der Waals surface area contributed by atoms with E-state index in [1.54, 1.807) is 6.07 Å². The number of aromatic amines is 1. The molecule has 1 aromatic carbocycles. The van der Waals surface area contributed by atoms with Crippen LogP contribution in [0.5, 0.6) is 0 Å². The van der Waals surface area contributed by atoms with Gasteiger partial charge in [-0.05, 0) is 18.2 Å². The van der Waals surface area contributed by atoms with Crippen molar-refractivity contribution in [3.05, 3.63) is 81.8 Å². The number of hydrogen-bond acceptors (Lipinski definition) is 4. The van der Waals surface area contributed by atoms with Crippen LogP contribution in [-0.4, -0.2) is 14.5 Å². The second-order valence-corrected chi connectivity index (χ2v) is 5.35. The summed E-state index contributed by atoms with van der Waals surface area (Å²) < 4.78 is 14.9. The van der Waals surface area contributed by atoms with Crippen LogP contribution in [0.15, 0.2) is 64.8 Å². The van der Waals surface area contributed by atoms with Crippen molar-refractivity contribution in [3.8, 4) is 22.4 Å². The maximum atomic E-state index is 13.6. The minimum atomic E-state index is -0.458. The maximum Gasteiger partial charge on any atom is 0.263 e. The van der Waals surface area contributed by atoms with Crippen molar-refractivity contribution >= 4 is 5.95 Å². The Labute approximate surface area is 142 Å². The highest BCUT2D eigenvalue weighted by Crippen LogP contribution is 2.28. The first kappa shape index (κ1) is 16.4. The number of aromatic nitrogens is 3. The Hall–Kier alpha value is -3.48. The topological polar surface area (TPSA) is 93.8 Å². The molecule has 0 aliphatic rings. The smallest absolute Gasteiger partial charge is 0.263 e. The van der Waals surface area contributed by atoms with Crippen LogP contribution >= 0.6 is 0 Å². The van der Waals surface area contributed by atoms with Gasteiger partial charge in [-0.25, -0.2) is 9.37 Å². The van der Waals surface area contributed by atoms with Gasteiger partial charge < -0.3 is 10.7 Å². The summed E-state index contributed by atoms with van der Waals surface area (Å²) in [5.41, 5.74) is 6.53. The van der Waals surface area contributed by atoms with Crippen LogP contribution in [0.25, 0.3) is 22.4 Å². The molecule has 0 saturated carbocycles. The van der Waals surface area contributed by atoms with E-state index in [1.807, 2.05) is 0 Å². The highest BCUT2D eigenvalue weighted by Gasteiger charge is 2.18. The summed E-state index contributed by atoms with van der Waals surface area (Å²) in [4.78, 5) is 31.1. The fraction of sp³-hybridized carbons (Fsp3) is 0.0556. The highest BCUT2D eigenvalue weighted by atomic mass is 19.1. The summed E-state index contributed by atoms with van der Waals surface area (Å²) in [5, 5.41) is 0. The van der Waals surface area contributed by atoms with Crippen LogP contribution in [-0.2, 0) is 6.54 Å². The molecule has 3 aromatic rings. The van der Waals surface area contributed by atoms with Gasteiger partial charge in [0, 0.05) is 29.9 Å². The minimum Gasteiger partial charge on any atom is -0.369 e. The molecule has 0 saturated heterocycles. The van der Waals surface area contributed by atoms with Crippen molar-refractivity contribution in [2.45, 2.75) is 6.54 Å². The molecule has 25 heavy (non-hydrogen) atoms. The first-order chi connectivity index (χ1) is 12.0. The molecule has 126 valence electrons. The quantitative estimate of drug-likeness (QED) is 0.713. The van der Waals surface area contributed by atoms with E-state index in [-0.39, 0.29) is 29.3 Å². The lowest BCUT2D eigenvalue weighted by Gasteiger charge is -2.14. The van der Waals surface area contributed by atoms with Crippen LogP contribution in [0.1, 0.15) is 0 Å². The molecule has 0 aliphatic heterocycles. The Morgan fingerprint density at radius 1 is 1.24 bits per heavy atom. The number of benzene rings is 1. The Kier molecular flexibility index (Phi) is 4.30. The molecule has 0 bridgehead atoms. The van der Waals surface area contributed by atoms with Gasteiger partial charge in [0.25, 0.3) is 5.56 Å². The maximum absolute atomic E-state index is 13.6. The zero-order valence-electron chi connectivity index (χ0n) is 13.2. The molecule has 0 spiro atoms. The SMILES string of the molecule is C=CCn1c(N)nc(-c2cccc(F)c2)c(-c2ccc(=O)[nH]c2)c1=O. The number of hydrogen-bond donors (Lipinski definition) is 2. The van der Waals surface area contributed by atoms with Gasteiger partial charge in [0.2, 0.25) is 11.5 Å². The van der Waals surface area contributed by atoms with Crippen molar-refractivity contribution in [2.75, 3.05) is 5.73 Å². The predicted molar refractivity (Wildman–Crippen MR) is 94.6 cm³/mol. The van der Waals surface area contributed by atoms with Gasteiger partial charge in [-0.3, -0.25) is 14.2 Å². The average Bonchev–Trinajstić information content (AvgIpc) is 2.59. The summed E-state index contributed by atoms with van der Waals surface area (Å²) in [7, 11) is 0. The van der Waals surface area contributed by atoms with Crippen LogP contribution in [0.3, 0.4) is 0 Å². The molecule has 0 aliphatic carbocycles. The van der Waals surface area contributed by atoms with E-state index in [0.29, 0.717) is 11.1 Å². The van der Waals surface area contributed by atoms with Gasteiger partial charge in [-0.2, -0.15) is 0 Å². The Morgan fingerprint density at radius 3 is 2.68 bits per heavy atom. The Morgan fingerprint density at radius 2 is 2.04 bits per heavy atom. The van der Waals surface area contributed by atoms with Crippen LogP contribution < -0.4 is 16.9 Å². The van der Waals surface area contributed by atoms with Gasteiger partial charge in [-0.1, -0.05) is 18.2 Å². The zero-order chi connectivity index (χ0) is 18.0. The normalized spacial score (nSPS) is 10.6. The lowest BCUT2D eigenvalue weighted by Crippen LogP contribution is -2.26. The third-order valence-corrected chi connectivity index (χ3v) is 3.68. The number of anilines is 1. The lowest BCUT2D eigenvalue weighted by atomic mass is 10.0. The van der Waals surface area contributed by atoms with Crippen molar-refractivity contribution in [3.63, 3.8) is 0 Å². The number of H-pyrrole nitrogens is 1. The molecule has 6 nitrogen and oxygen atoms in total. The molecule has 3 N–H and O–H groups in total. The number of allylic oxidation sites excluding steroid dienone is 1. The monoisotopic (exact) mass is 338 g/mol. The van der Waals surface area contributed by atoms with Crippen LogP contribution in [0, 0.1) is 5.82 Å². The summed E-state index contributed by atoms with van der Waals surface area (Å²) in [6.45, 7) is 3.78. The number of rotatable bonds is 4. The zero-order valence-corrected chi connectivity index (χ0v) is 13.2. The predicted octanol–water partition coefficient (Wildman–Crippen LogP) is 2.17. The second-order valence-electron chi connectivity index (χ2n) is 5.35. The summed E-state index contributed by atoms with van der Waals surface area (Å²) in [6.07, 6.45) is 2.94. The molecule has 2 aromatic heterocycles. The summed E-state index contributed by atoms with van der Waals surface area (Å²) in [6, 6.07) is 8.54. The van der Waals surface area contributed by atoms with Crippen molar-refractivity contribution in [1.29, 1.82) is 0 Å². The van der Waals surface area contributed by atoms with E-state index in [0.717, 1.165) is 0 Å². The van der Waals surface area contributed by atoms with E-state index in [9.17, 15) is 14.0 Å². The van der Waals surface area contributed by atoms with Crippen molar-refractivity contribution in [1.82, 2.24) is 14.5 Å². The summed E-state index contributed by atoms with van der Waals surface area (Å²) in [5.74, 6) is -0.460. The largest absolute Gasteiger partial charge is 0.369 e. The Bertz CT molecular complexity index is 1050. The third-order valence-electron chi connectivity index (χ3n) is 3.68. The van der Waals surface area contributed by atoms with E-state index in [2.05, 4.69) is 16.5 Å². The van der Waals surface area contributed by atoms with Crippen LogP contribution in [0.2, 0.25) is 0 Å². The molecule has 0 unspecified atom stereocenters. The molecule has 0 fully saturated rings. The second kappa shape index (κ2) is 6.56. The van der Waals surface area contributed by atoms with Gasteiger partial charge >= 0.3 is 0 Å². The molecule has 0 radical (unpaired) electrons. The lowest BCUT2D eigenvalue weighted by molar-refractivity contribution is 0.628. The molecule has 0 atom stereocenters. The van der Waals surface area contributed by atoms with E-state index in [4.69, 9.17) is 5.73 Å². The number of pyridine rings is 1. The molecular weight excluding hydrogens is 323 g/mol. The average molecular weight is 338 g/mol. The first-order valence-corrected chi connectivity index (χ1v) is 7.47. The molecule has 0 amide bonds. The van der Waals surface area contributed by atoms with Gasteiger partial charge in [-0.15, -0.1) is 6.58 Å². The van der Waals surface area contributed by atoms with Gasteiger partial charge in [0.15, 0.2) is 0 Å². The number of nitrogens with two attached hydrogens (primary N) is 1. The fourth-order valence-corrected chi connectivity index (χ4v) is 2.55. The van der Waals surface area contributed by atoms with E-state index >= 15 is 0 Å². The van der Waals surface area contributed by atoms with Gasteiger partial charge in [0.1, 0.15) is 5.82 Å². The highest BCUT2D eigenvalue weighted by molar-refractivity contribution is 5.80. The molecule has 3 rings (SSSR count). The standard InChI is InChI=1S/C18H15FN4O2/c1-2-8-23-17(25)15(12-6-7-14(24)21-10-12)16(22-18(23)20)11-4-3-5-13(19)9-11/h2-7,9-10H,1,8H2,(H2,20,22)(H,21,24). The Balaban J connectivity index is 2.37. The molecule has 2 heterocycles. The summed E-state index contributed by atoms with van der Waals surface area (Å²) >= 11 is 0. The molecular formula is C18H15FN4O2. The van der Waals surface area contributed by atoms with Crippen LogP contribution in [0.4, 0.5) is 10.3 Å².